The Morgan fingerprint density at radius 2 is 2.14 bits per heavy atom. The Labute approximate surface area is 132 Å². The van der Waals surface area contributed by atoms with Gasteiger partial charge in [0, 0.05) is 17.7 Å². The number of carbonyl (C=O) groups is 1. The minimum absolute atomic E-state index is 0.103. The van der Waals surface area contributed by atoms with Crippen LogP contribution in [0.3, 0.4) is 0 Å². The average Bonchev–Trinajstić information content (AvgIpc) is 3.09. The SMILES string of the molecule is Cc1cc(NC(=O)N[C@H]2CCO[C@H]2c2ccc(Cl)cc2)no1. The maximum atomic E-state index is 12.0. The Bertz CT molecular complexity index is 656. The van der Waals surface area contributed by atoms with Crippen LogP contribution in [-0.2, 0) is 4.74 Å². The van der Waals surface area contributed by atoms with Crippen LogP contribution in [0.4, 0.5) is 10.6 Å². The molecule has 3 rings (SSSR count). The van der Waals surface area contributed by atoms with Gasteiger partial charge in [0.1, 0.15) is 11.9 Å². The van der Waals surface area contributed by atoms with E-state index in [-0.39, 0.29) is 18.2 Å². The van der Waals surface area contributed by atoms with E-state index in [1.807, 2.05) is 24.3 Å². The summed E-state index contributed by atoms with van der Waals surface area (Å²) < 4.78 is 10.6. The van der Waals surface area contributed by atoms with Crippen molar-refractivity contribution in [3.63, 3.8) is 0 Å². The molecule has 0 unspecified atom stereocenters. The first-order valence-corrected chi connectivity index (χ1v) is 7.37. The molecular formula is C15H16ClN3O3. The van der Waals surface area contributed by atoms with Crippen LogP contribution in [0.1, 0.15) is 23.8 Å². The van der Waals surface area contributed by atoms with E-state index in [4.69, 9.17) is 20.9 Å². The van der Waals surface area contributed by atoms with Crippen molar-refractivity contribution < 1.29 is 14.1 Å². The van der Waals surface area contributed by atoms with Crippen molar-refractivity contribution >= 4 is 23.4 Å². The van der Waals surface area contributed by atoms with Gasteiger partial charge in [0.05, 0.1) is 6.04 Å². The standard InChI is InChI=1S/C15H16ClN3O3/c1-9-8-13(19-22-9)18-15(20)17-12-6-7-21-14(12)10-2-4-11(16)5-3-10/h2-5,8,12,14H,6-7H2,1H3,(H2,17,18,19,20)/t12-,14-/m0/s1. The van der Waals surface area contributed by atoms with E-state index < -0.39 is 0 Å². The molecule has 7 heteroatoms. The highest BCUT2D eigenvalue weighted by Crippen LogP contribution is 2.30. The van der Waals surface area contributed by atoms with Gasteiger partial charge in [-0.05, 0) is 31.0 Å². The number of aryl methyl sites for hydroxylation is 1. The topological polar surface area (TPSA) is 76.4 Å². The summed E-state index contributed by atoms with van der Waals surface area (Å²) in [6.45, 7) is 2.36. The molecule has 22 heavy (non-hydrogen) atoms. The fraction of sp³-hybridized carbons (Fsp3) is 0.333. The smallest absolute Gasteiger partial charge is 0.320 e. The molecule has 2 N–H and O–H groups in total. The number of carbonyl (C=O) groups excluding carboxylic acids is 1. The van der Waals surface area contributed by atoms with E-state index >= 15 is 0 Å². The number of aromatic nitrogens is 1. The number of rotatable bonds is 3. The summed E-state index contributed by atoms with van der Waals surface area (Å²) in [5, 5.41) is 9.95. The zero-order valence-electron chi connectivity index (χ0n) is 12.0. The second kappa shape index (κ2) is 6.37. The Hall–Kier alpha value is -2.05. The van der Waals surface area contributed by atoms with Crippen LogP contribution in [0.15, 0.2) is 34.9 Å². The minimum atomic E-state index is -0.331. The maximum absolute atomic E-state index is 12.0. The highest BCUT2D eigenvalue weighted by atomic mass is 35.5. The fourth-order valence-corrected chi connectivity index (χ4v) is 2.59. The molecule has 116 valence electrons. The molecule has 2 aromatic rings. The van der Waals surface area contributed by atoms with Crippen molar-refractivity contribution in [3.8, 4) is 0 Å². The molecule has 1 saturated heterocycles. The number of benzene rings is 1. The third kappa shape index (κ3) is 3.40. The minimum Gasteiger partial charge on any atom is -0.371 e. The van der Waals surface area contributed by atoms with Gasteiger partial charge < -0.3 is 14.6 Å². The van der Waals surface area contributed by atoms with Crippen LogP contribution < -0.4 is 10.6 Å². The first kappa shape index (κ1) is 14.9. The lowest BCUT2D eigenvalue weighted by atomic mass is 10.0. The van der Waals surface area contributed by atoms with Crippen LogP contribution in [0, 0.1) is 6.92 Å². The predicted octanol–water partition coefficient (Wildman–Crippen LogP) is 3.29. The summed E-state index contributed by atoms with van der Waals surface area (Å²) >= 11 is 5.89. The fourth-order valence-electron chi connectivity index (χ4n) is 2.46. The number of ether oxygens (including phenoxy) is 1. The van der Waals surface area contributed by atoms with E-state index in [2.05, 4.69) is 15.8 Å². The summed E-state index contributed by atoms with van der Waals surface area (Å²) in [5.41, 5.74) is 0.990. The summed E-state index contributed by atoms with van der Waals surface area (Å²) in [7, 11) is 0. The molecule has 0 aliphatic carbocycles. The third-order valence-corrected chi connectivity index (χ3v) is 3.73. The molecule has 0 spiro atoms. The highest BCUT2D eigenvalue weighted by molar-refractivity contribution is 6.30. The van der Waals surface area contributed by atoms with Gasteiger partial charge in [0.2, 0.25) is 0 Å². The van der Waals surface area contributed by atoms with Crippen LogP contribution >= 0.6 is 11.6 Å². The second-order valence-corrected chi connectivity index (χ2v) is 5.60. The number of nitrogens with zero attached hydrogens (tertiary/aromatic N) is 1. The van der Waals surface area contributed by atoms with Crippen LogP contribution in [0.2, 0.25) is 5.02 Å². The molecule has 2 amide bonds. The summed E-state index contributed by atoms with van der Waals surface area (Å²) in [6.07, 6.45) is 0.570. The monoisotopic (exact) mass is 321 g/mol. The Kier molecular flexibility index (Phi) is 4.31. The highest BCUT2D eigenvalue weighted by Gasteiger charge is 2.31. The zero-order chi connectivity index (χ0) is 15.5. The lowest BCUT2D eigenvalue weighted by Crippen LogP contribution is -2.39. The van der Waals surface area contributed by atoms with E-state index in [0.717, 1.165) is 12.0 Å². The van der Waals surface area contributed by atoms with Gasteiger partial charge in [-0.1, -0.05) is 28.9 Å². The van der Waals surface area contributed by atoms with Gasteiger partial charge in [-0.25, -0.2) is 4.79 Å². The lowest BCUT2D eigenvalue weighted by Gasteiger charge is -2.20. The van der Waals surface area contributed by atoms with Crippen molar-refractivity contribution in [3.05, 3.63) is 46.7 Å². The van der Waals surface area contributed by atoms with Gasteiger partial charge in [-0.15, -0.1) is 0 Å². The number of halogens is 1. The summed E-state index contributed by atoms with van der Waals surface area (Å²) in [4.78, 5) is 12.0. The molecule has 2 heterocycles. The molecule has 0 radical (unpaired) electrons. The number of amides is 2. The van der Waals surface area contributed by atoms with Gasteiger partial charge in [0.25, 0.3) is 0 Å². The van der Waals surface area contributed by atoms with E-state index in [9.17, 15) is 4.79 Å². The summed E-state index contributed by atoms with van der Waals surface area (Å²) in [5.74, 6) is 1.02. The first-order chi connectivity index (χ1) is 10.6. The lowest BCUT2D eigenvalue weighted by molar-refractivity contribution is 0.100. The van der Waals surface area contributed by atoms with Crippen molar-refractivity contribution in [2.24, 2.45) is 0 Å². The number of urea groups is 1. The zero-order valence-corrected chi connectivity index (χ0v) is 12.8. The molecule has 0 saturated carbocycles. The molecule has 0 bridgehead atoms. The van der Waals surface area contributed by atoms with Crippen LogP contribution in [-0.4, -0.2) is 23.8 Å². The molecule has 6 nitrogen and oxygen atoms in total. The quantitative estimate of drug-likeness (QED) is 0.909. The predicted molar refractivity (Wildman–Crippen MR) is 81.9 cm³/mol. The van der Waals surface area contributed by atoms with Crippen LogP contribution in [0.25, 0.3) is 0 Å². The normalized spacial score (nSPS) is 20.8. The first-order valence-electron chi connectivity index (χ1n) is 7.00. The maximum Gasteiger partial charge on any atom is 0.320 e. The molecule has 1 aliphatic rings. The molecule has 1 aromatic heterocycles. The average molecular weight is 322 g/mol. The van der Waals surface area contributed by atoms with Gasteiger partial charge in [-0.2, -0.15) is 0 Å². The molecule has 1 aromatic carbocycles. The van der Waals surface area contributed by atoms with Gasteiger partial charge in [0.15, 0.2) is 5.82 Å². The van der Waals surface area contributed by atoms with E-state index in [1.54, 1.807) is 13.0 Å². The largest absolute Gasteiger partial charge is 0.371 e. The van der Waals surface area contributed by atoms with Crippen molar-refractivity contribution in [2.45, 2.75) is 25.5 Å². The number of anilines is 1. The molecule has 2 atom stereocenters. The summed E-state index contributed by atoms with van der Waals surface area (Å²) in [6, 6.07) is 8.66. The Morgan fingerprint density at radius 1 is 1.36 bits per heavy atom. The Morgan fingerprint density at radius 3 is 2.82 bits per heavy atom. The number of hydrogen-bond donors (Lipinski definition) is 2. The molecule has 1 fully saturated rings. The van der Waals surface area contributed by atoms with Gasteiger partial charge >= 0.3 is 6.03 Å². The van der Waals surface area contributed by atoms with Crippen molar-refractivity contribution in [1.29, 1.82) is 0 Å². The number of nitrogens with one attached hydrogen (secondary N) is 2. The second-order valence-electron chi connectivity index (χ2n) is 5.16. The van der Waals surface area contributed by atoms with Crippen molar-refractivity contribution in [1.82, 2.24) is 10.5 Å². The van der Waals surface area contributed by atoms with Crippen molar-refractivity contribution in [2.75, 3.05) is 11.9 Å². The van der Waals surface area contributed by atoms with E-state index in [0.29, 0.717) is 23.2 Å². The van der Waals surface area contributed by atoms with Gasteiger partial charge in [-0.3, -0.25) is 5.32 Å². The Balaban J connectivity index is 1.63. The van der Waals surface area contributed by atoms with Crippen LogP contribution in [0.5, 0.6) is 0 Å². The molecule has 1 aliphatic heterocycles. The van der Waals surface area contributed by atoms with E-state index in [1.165, 1.54) is 0 Å². The number of hydrogen-bond acceptors (Lipinski definition) is 4. The third-order valence-electron chi connectivity index (χ3n) is 3.48. The molecular weight excluding hydrogens is 306 g/mol.